The molecule has 9 nitrogen and oxygen atoms in total. The standard InChI is InChI=1S/C26H21N5O4S/c1-16-8-7-9-17(14-16)30-23(33)19-11-4-6-13-21(19)31-25(30)28-29-26(31)36-15-22(32)27-20-12-5-3-10-18(20)24(34)35-2/h3-14H,15H2,1-2H3,(H,27,32). The minimum absolute atomic E-state index is 0.00813. The van der Waals surface area contributed by atoms with Gasteiger partial charge in [0, 0.05) is 0 Å². The van der Waals surface area contributed by atoms with Crippen molar-refractivity contribution in [3.05, 3.63) is 94.3 Å². The summed E-state index contributed by atoms with van der Waals surface area (Å²) in [6.45, 7) is 1.95. The molecule has 0 radical (unpaired) electrons. The van der Waals surface area contributed by atoms with Crippen molar-refractivity contribution in [1.82, 2.24) is 19.2 Å². The lowest BCUT2D eigenvalue weighted by molar-refractivity contribution is -0.113. The Bertz CT molecular complexity index is 1690. The minimum atomic E-state index is -0.539. The van der Waals surface area contributed by atoms with Gasteiger partial charge in [0.25, 0.3) is 5.56 Å². The average Bonchev–Trinajstić information content (AvgIpc) is 3.31. The van der Waals surface area contributed by atoms with Crippen molar-refractivity contribution >= 4 is 46.0 Å². The topological polar surface area (TPSA) is 108 Å². The molecule has 0 saturated carbocycles. The zero-order valence-electron chi connectivity index (χ0n) is 19.5. The molecule has 2 aromatic heterocycles. The molecule has 0 aliphatic rings. The number of nitrogens with one attached hydrogen (secondary N) is 1. The Kier molecular flexibility index (Phi) is 6.26. The monoisotopic (exact) mass is 499 g/mol. The Morgan fingerprint density at radius 1 is 1.00 bits per heavy atom. The van der Waals surface area contributed by atoms with E-state index in [1.165, 1.54) is 23.4 Å². The molecule has 180 valence electrons. The van der Waals surface area contributed by atoms with Crippen LogP contribution >= 0.6 is 11.8 Å². The van der Waals surface area contributed by atoms with E-state index in [0.29, 0.717) is 33.2 Å². The first-order valence-electron chi connectivity index (χ1n) is 11.0. The molecule has 0 spiro atoms. The van der Waals surface area contributed by atoms with Gasteiger partial charge in [0.15, 0.2) is 5.16 Å². The third-order valence-corrected chi connectivity index (χ3v) is 6.52. The van der Waals surface area contributed by atoms with Crippen molar-refractivity contribution in [1.29, 1.82) is 0 Å². The maximum Gasteiger partial charge on any atom is 0.339 e. The molecule has 5 aromatic rings. The number of esters is 1. The summed E-state index contributed by atoms with van der Waals surface area (Å²) in [5, 5.41) is 12.3. The summed E-state index contributed by atoms with van der Waals surface area (Å²) in [5.41, 5.74) is 2.75. The fourth-order valence-electron chi connectivity index (χ4n) is 3.97. The molecule has 36 heavy (non-hydrogen) atoms. The van der Waals surface area contributed by atoms with E-state index in [1.807, 2.05) is 43.3 Å². The number of methoxy groups -OCH3 is 1. The summed E-state index contributed by atoms with van der Waals surface area (Å²) in [7, 11) is 1.29. The lowest BCUT2D eigenvalue weighted by Crippen LogP contribution is -2.22. The van der Waals surface area contributed by atoms with Crippen LogP contribution in [0.1, 0.15) is 15.9 Å². The Balaban J connectivity index is 1.51. The first-order chi connectivity index (χ1) is 17.5. The van der Waals surface area contributed by atoms with E-state index in [4.69, 9.17) is 4.74 Å². The van der Waals surface area contributed by atoms with E-state index in [1.54, 1.807) is 40.8 Å². The van der Waals surface area contributed by atoms with Crippen LogP contribution in [0.4, 0.5) is 5.69 Å². The molecule has 0 fully saturated rings. The van der Waals surface area contributed by atoms with Gasteiger partial charge in [-0.05, 0) is 48.9 Å². The molecule has 0 aliphatic carbocycles. The van der Waals surface area contributed by atoms with Crippen molar-refractivity contribution in [2.24, 2.45) is 0 Å². The molecule has 3 aromatic carbocycles. The van der Waals surface area contributed by atoms with Gasteiger partial charge in [0.05, 0.1) is 40.7 Å². The van der Waals surface area contributed by atoms with Crippen LogP contribution in [0.3, 0.4) is 0 Å². The summed E-state index contributed by atoms with van der Waals surface area (Å²) in [6.07, 6.45) is 0. The maximum atomic E-state index is 13.4. The fraction of sp³-hybridized carbons (Fsp3) is 0.115. The highest BCUT2D eigenvalue weighted by Gasteiger charge is 2.19. The number of fused-ring (bicyclic) bond motifs is 3. The van der Waals surface area contributed by atoms with Gasteiger partial charge in [-0.15, -0.1) is 10.2 Å². The number of ether oxygens (including phenoxy) is 1. The van der Waals surface area contributed by atoms with Crippen molar-refractivity contribution in [3.63, 3.8) is 0 Å². The summed E-state index contributed by atoms with van der Waals surface area (Å²) in [5.74, 6) is -0.510. The highest BCUT2D eigenvalue weighted by atomic mass is 32.2. The molecule has 0 atom stereocenters. The van der Waals surface area contributed by atoms with Crippen LogP contribution in [-0.2, 0) is 9.53 Å². The average molecular weight is 500 g/mol. The van der Waals surface area contributed by atoms with E-state index in [0.717, 1.165) is 5.56 Å². The van der Waals surface area contributed by atoms with Crippen LogP contribution in [0.25, 0.3) is 22.4 Å². The molecule has 0 unspecified atom stereocenters. The second-order valence-corrected chi connectivity index (χ2v) is 8.93. The second-order valence-electron chi connectivity index (χ2n) is 7.99. The van der Waals surface area contributed by atoms with Gasteiger partial charge in [-0.2, -0.15) is 0 Å². The lowest BCUT2D eigenvalue weighted by Gasteiger charge is -2.12. The third-order valence-electron chi connectivity index (χ3n) is 5.59. The minimum Gasteiger partial charge on any atom is -0.465 e. The molecule has 1 amide bonds. The maximum absolute atomic E-state index is 13.4. The van der Waals surface area contributed by atoms with Crippen LogP contribution in [0.15, 0.2) is 82.7 Å². The van der Waals surface area contributed by atoms with E-state index < -0.39 is 5.97 Å². The van der Waals surface area contributed by atoms with Gasteiger partial charge < -0.3 is 10.1 Å². The largest absolute Gasteiger partial charge is 0.465 e. The van der Waals surface area contributed by atoms with Gasteiger partial charge >= 0.3 is 5.97 Å². The molecular weight excluding hydrogens is 478 g/mol. The fourth-order valence-corrected chi connectivity index (χ4v) is 4.71. The number of carbonyl (C=O) groups excluding carboxylic acids is 2. The van der Waals surface area contributed by atoms with E-state index in [-0.39, 0.29) is 22.8 Å². The lowest BCUT2D eigenvalue weighted by atomic mass is 10.2. The number of para-hydroxylation sites is 2. The van der Waals surface area contributed by atoms with Crippen molar-refractivity contribution in [2.75, 3.05) is 18.2 Å². The first-order valence-corrected chi connectivity index (χ1v) is 12.0. The number of aryl methyl sites for hydroxylation is 1. The highest BCUT2D eigenvalue weighted by Crippen LogP contribution is 2.24. The molecule has 5 rings (SSSR count). The quantitative estimate of drug-likeness (QED) is 0.279. The highest BCUT2D eigenvalue weighted by molar-refractivity contribution is 7.99. The van der Waals surface area contributed by atoms with Crippen LogP contribution in [-0.4, -0.2) is 43.9 Å². The third kappa shape index (κ3) is 4.22. The Morgan fingerprint density at radius 2 is 1.78 bits per heavy atom. The van der Waals surface area contributed by atoms with Crippen LogP contribution in [0.5, 0.6) is 0 Å². The second kappa shape index (κ2) is 9.67. The van der Waals surface area contributed by atoms with Crippen molar-refractivity contribution in [2.45, 2.75) is 12.1 Å². The van der Waals surface area contributed by atoms with E-state index in [2.05, 4.69) is 15.5 Å². The number of carbonyl (C=O) groups is 2. The number of amides is 1. The number of hydrogen-bond donors (Lipinski definition) is 1. The number of aromatic nitrogens is 4. The number of hydrogen-bond acceptors (Lipinski definition) is 7. The predicted octanol–water partition coefficient (Wildman–Crippen LogP) is 3.86. The molecule has 0 saturated heterocycles. The summed E-state index contributed by atoms with van der Waals surface area (Å²) in [4.78, 5) is 38.2. The zero-order valence-corrected chi connectivity index (χ0v) is 20.3. The molecular formula is C26H21N5O4S. The summed E-state index contributed by atoms with van der Waals surface area (Å²) < 4.78 is 8.09. The predicted molar refractivity (Wildman–Crippen MR) is 138 cm³/mol. The molecule has 2 heterocycles. The summed E-state index contributed by atoms with van der Waals surface area (Å²) >= 11 is 1.18. The Morgan fingerprint density at radius 3 is 2.58 bits per heavy atom. The Labute approximate surface area is 209 Å². The number of anilines is 1. The SMILES string of the molecule is COC(=O)c1ccccc1NC(=O)CSc1nnc2n(-c3cccc(C)c3)c(=O)c3ccccc3n12. The summed E-state index contributed by atoms with van der Waals surface area (Å²) in [6, 6.07) is 21.4. The van der Waals surface area contributed by atoms with E-state index in [9.17, 15) is 14.4 Å². The normalized spacial score (nSPS) is 11.1. The first kappa shape index (κ1) is 23.3. The zero-order chi connectivity index (χ0) is 25.2. The molecule has 0 bridgehead atoms. The van der Waals surface area contributed by atoms with E-state index >= 15 is 0 Å². The number of benzene rings is 3. The van der Waals surface area contributed by atoms with Gasteiger partial charge in [0.2, 0.25) is 11.7 Å². The van der Waals surface area contributed by atoms with Crippen LogP contribution in [0.2, 0.25) is 0 Å². The number of thioether (sulfide) groups is 1. The Hall–Kier alpha value is -4.44. The molecule has 1 N–H and O–H groups in total. The number of nitrogens with zero attached hydrogens (tertiary/aromatic N) is 4. The van der Waals surface area contributed by atoms with Gasteiger partial charge in [-0.25, -0.2) is 9.36 Å². The smallest absolute Gasteiger partial charge is 0.339 e. The molecule has 0 aliphatic heterocycles. The van der Waals surface area contributed by atoms with Crippen molar-refractivity contribution < 1.29 is 14.3 Å². The van der Waals surface area contributed by atoms with Crippen molar-refractivity contribution in [3.8, 4) is 5.69 Å². The van der Waals surface area contributed by atoms with Gasteiger partial charge in [-0.1, -0.05) is 48.2 Å². The van der Waals surface area contributed by atoms with Crippen LogP contribution < -0.4 is 10.9 Å². The van der Waals surface area contributed by atoms with Crippen LogP contribution in [0, 0.1) is 6.92 Å². The number of rotatable bonds is 6. The van der Waals surface area contributed by atoms with Gasteiger partial charge in [0.1, 0.15) is 0 Å². The van der Waals surface area contributed by atoms with Gasteiger partial charge in [-0.3, -0.25) is 14.0 Å². The molecule has 10 heteroatoms.